The number of rotatable bonds is 4. The summed E-state index contributed by atoms with van der Waals surface area (Å²) in [6.07, 6.45) is 0. The number of nitrogens with zero attached hydrogens (tertiary/aromatic N) is 3. The molecule has 6 heteroatoms. The second kappa shape index (κ2) is 4.83. The molecule has 2 heterocycles. The molecule has 0 radical (unpaired) electrons. The van der Waals surface area contributed by atoms with E-state index < -0.39 is 0 Å². The Bertz CT molecular complexity index is 628. The lowest BCUT2D eigenvalue weighted by atomic mass is 10.3. The zero-order valence-electron chi connectivity index (χ0n) is 9.88. The first-order chi connectivity index (χ1) is 8.81. The summed E-state index contributed by atoms with van der Waals surface area (Å²) in [5.74, 6) is 1.26. The quantitative estimate of drug-likeness (QED) is 0.779. The number of aryl methyl sites for hydroxylation is 1. The van der Waals surface area contributed by atoms with Crippen molar-refractivity contribution in [2.75, 3.05) is 0 Å². The Morgan fingerprint density at radius 3 is 2.89 bits per heavy atom. The fourth-order valence-corrected chi connectivity index (χ4v) is 2.63. The average molecular weight is 260 g/mol. The maximum absolute atomic E-state index is 4.90. The molecule has 1 aromatic carbocycles. The fourth-order valence-electron chi connectivity index (χ4n) is 1.69. The van der Waals surface area contributed by atoms with E-state index in [1.165, 1.54) is 4.70 Å². The lowest BCUT2D eigenvalue weighted by Crippen LogP contribution is -2.13. The third kappa shape index (κ3) is 2.39. The molecule has 0 atom stereocenters. The highest BCUT2D eigenvalue weighted by atomic mass is 32.1. The molecule has 92 valence electrons. The smallest absolute Gasteiger partial charge is 0.223 e. The average Bonchev–Trinajstić information content (AvgIpc) is 2.95. The second-order valence-electron chi connectivity index (χ2n) is 3.91. The minimum Gasteiger partial charge on any atom is -0.340 e. The predicted molar refractivity (Wildman–Crippen MR) is 69.2 cm³/mol. The first-order valence-corrected chi connectivity index (χ1v) is 6.47. The lowest BCUT2D eigenvalue weighted by molar-refractivity contribution is 0.385. The van der Waals surface area contributed by atoms with Crippen molar-refractivity contribution in [3.05, 3.63) is 41.0 Å². The van der Waals surface area contributed by atoms with E-state index in [4.69, 9.17) is 4.52 Å². The van der Waals surface area contributed by atoms with Gasteiger partial charge in [-0.25, -0.2) is 4.98 Å². The van der Waals surface area contributed by atoms with Crippen LogP contribution in [0.4, 0.5) is 0 Å². The van der Waals surface area contributed by atoms with Crippen molar-refractivity contribution in [3.63, 3.8) is 0 Å². The second-order valence-corrected chi connectivity index (χ2v) is 5.02. The maximum atomic E-state index is 4.90. The van der Waals surface area contributed by atoms with E-state index in [9.17, 15) is 0 Å². The molecule has 3 aromatic rings. The van der Waals surface area contributed by atoms with Crippen molar-refractivity contribution in [2.45, 2.75) is 20.0 Å². The van der Waals surface area contributed by atoms with E-state index in [2.05, 4.69) is 26.5 Å². The molecular weight excluding hydrogens is 248 g/mol. The van der Waals surface area contributed by atoms with E-state index in [0.717, 1.165) is 10.5 Å². The summed E-state index contributed by atoms with van der Waals surface area (Å²) >= 11 is 1.70. The number of hydrogen-bond acceptors (Lipinski definition) is 6. The summed E-state index contributed by atoms with van der Waals surface area (Å²) in [6, 6.07) is 8.14. The Labute approximate surface area is 108 Å². The first-order valence-electron chi connectivity index (χ1n) is 5.65. The van der Waals surface area contributed by atoms with Gasteiger partial charge in [0.05, 0.1) is 16.8 Å². The van der Waals surface area contributed by atoms with E-state index in [-0.39, 0.29) is 0 Å². The Kier molecular flexibility index (Phi) is 3.04. The monoisotopic (exact) mass is 260 g/mol. The van der Waals surface area contributed by atoms with Gasteiger partial charge in [-0.3, -0.25) is 0 Å². The molecule has 2 aromatic heterocycles. The summed E-state index contributed by atoms with van der Waals surface area (Å²) in [5, 5.41) is 8.15. The van der Waals surface area contributed by atoms with E-state index >= 15 is 0 Å². The van der Waals surface area contributed by atoms with Crippen LogP contribution in [0.15, 0.2) is 28.8 Å². The molecule has 3 rings (SSSR count). The van der Waals surface area contributed by atoms with Gasteiger partial charge in [-0.1, -0.05) is 17.3 Å². The first kappa shape index (κ1) is 11.3. The largest absolute Gasteiger partial charge is 0.340 e. The van der Waals surface area contributed by atoms with Gasteiger partial charge in [-0.2, -0.15) is 4.98 Å². The van der Waals surface area contributed by atoms with Crippen LogP contribution in [0.25, 0.3) is 10.2 Å². The summed E-state index contributed by atoms with van der Waals surface area (Å²) in [4.78, 5) is 8.67. The maximum Gasteiger partial charge on any atom is 0.223 e. The Morgan fingerprint density at radius 2 is 2.11 bits per heavy atom. The minimum atomic E-state index is 0.590. The van der Waals surface area contributed by atoms with Crippen LogP contribution >= 0.6 is 11.3 Å². The minimum absolute atomic E-state index is 0.590. The van der Waals surface area contributed by atoms with Crippen molar-refractivity contribution in [1.82, 2.24) is 20.4 Å². The van der Waals surface area contributed by atoms with E-state index in [1.54, 1.807) is 18.3 Å². The zero-order valence-corrected chi connectivity index (χ0v) is 10.7. The molecule has 0 fully saturated rings. The Balaban J connectivity index is 1.62. The molecule has 0 saturated heterocycles. The van der Waals surface area contributed by atoms with Gasteiger partial charge in [0.15, 0.2) is 5.82 Å². The number of benzene rings is 1. The van der Waals surface area contributed by atoms with Crippen LogP contribution in [0.3, 0.4) is 0 Å². The van der Waals surface area contributed by atoms with Crippen molar-refractivity contribution >= 4 is 21.6 Å². The highest BCUT2D eigenvalue weighted by molar-refractivity contribution is 7.18. The standard InChI is InChI=1S/C12H12N4OS/c1-8-14-11(16-17-8)6-13-7-12-15-9-4-2-3-5-10(9)18-12/h2-5,13H,6-7H2,1H3. The van der Waals surface area contributed by atoms with Gasteiger partial charge >= 0.3 is 0 Å². The van der Waals surface area contributed by atoms with Crippen LogP contribution in [0.5, 0.6) is 0 Å². The van der Waals surface area contributed by atoms with Gasteiger partial charge in [0.2, 0.25) is 5.89 Å². The van der Waals surface area contributed by atoms with E-state index in [0.29, 0.717) is 24.8 Å². The molecule has 18 heavy (non-hydrogen) atoms. The van der Waals surface area contributed by atoms with Crippen molar-refractivity contribution in [2.24, 2.45) is 0 Å². The third-order valence-electron chi connectivity index (χ3n) is 2.47. The molecule has 0 saturated carbocycles. The van der Waals surface area contributed by atoms with Crippen LogP contribution in [0, 0.1) is 6.92 Å². The molecule has 0 spiro atoms. The molecule has 0 aliphatic carbocycles. The number of hydrogen-bond donors (Lipinski definition) is 1. The predicted octanol–water partition coefficient (Wildman–Crippen LogP) is 2.28. The van der Waals surface area contributed by atoms with Gasteiger partial charge in [0.1, 0.15) is 5.01 Å². The summed E-state index contributed by atoms with van der Waals surface area (Å²) < 4.78 is 6.11. The van der Waals surface area contributed by atoms with Crippen LogP contribution in [0.1, 0.15) is 16.7 Å². The van der Waals surface area contributed by atoms with Gasteiger partial charge in [-0.15, -0.1) is 11.3 Å². The van der Waals surface area contributed by atoms with Gasteiger partial charge in [-0.05, 0) is 12.1 Å². The Hall–Kier alpha value is -1.79. The molecule has 0 unspecified atom stereocenters. The van der Waals surface area contributed by atoms with Crippen LogP contribution in [-0.2, 0) is 13.1 Å². The van der Waals surface area contributed by atoms with Crippen LogP contribution in [-0.4, -0.2) is 15.1 Å². The van der Waals surface area contributed by atoms with Gasteiger partial charge < -0.3 is 9.84 Å². The fraction of sp³-hybridized carbons (Fsp3) is 0.250. The lowest BCUT2D eigenvalue weighted by Gasteiger charge is -1.96. The Morgan fingerprint density at radius 1 is 1.22 bits per heavy atom. The van der Waals surface area contributed by atoms with Crippen molar-refractivity contribution in [1.29, 1.82) is 0 Å². The topological polar surface area (TPSA) is 63.8 Å². The molecule has 5 nitrogen and oxygen atoms in total. The van der Waals surface area contributed by atoms with Gasteiger partial charge in [0.25, 0.3) is 0 Å². The van der Waals surface area contributed by atoms with E-state index in [1.807, 2.05) is 18.2 Å². The SMILES string of the molecule is Cc1nc(CNCc2nc3ccccc3s2)no1. The summed E-state index contributed by atoms with van der Waals surface area (Å²) in [5.41, 5.74) is 1.05. The number of para-hydroxylation sites is 1. The highest BCUT2D eigenvalue weighted by Gasteiger charge is 2.04. The van der Waals surface area contributed by atoms with Crippen LogP contribution < -0.4 is 5.32 Å². The molecule has 0 aliphatic heterocycles. The molecule has 0 aliphatic rings. The van der Waals surface area contributed by atoms with Crippen LogP contribution in [0.2, 0.25) is 0 Å². The molecular formula is C12H12N4OS. The molecule has 1 N–H and O–H groups in total. The normalized spacial score (nSPS) is 11.2. The highest BCUT2D eigenvalue weighted by Crippen LogP contribution is 2.21. The summed E-state index contributed by atoms with van der Waals surface area (Å²) in [6.45, 7) is 3.09. The third-order valence-corrected chi connectivity index (χ3v) is 3.50. The van der Waals surface area contributed by atoms with Crippen molar-refractivity contribution < 1.29 is 4.52 Å². The van der Waals surface area contributed by atoms with Crippen molar-refractivity contribution in [3.8, 4) is 0 Å². The number of thiazole rings is 1. The number of aromatic nitrogens is 3. The summed E-state index contributed by atoms with van der Waals surface area (Å²) in [7, 11) is 0. The molecule has 0 amide bonds. The molecule has 0 bridgehead atoms. The van der Waals surface area contributed by atoms with Gasteiger partial charge in [0, 0.05) is 13.5 Å². The number of fused-ring (bicyclic) bond motifs is 1. The number of nitrogens with one attached hydrogen (secondary N) is 1. The zero-order chi connectivity index (χ0) is 12.4.